The third kappa shape index (κ3) is 2.69. The fraction of sp³-hybridized carbons (Fsp3) is 0.600. The first kappa shape index (κ1) is 11.8. The second-order valence-corrected chi connectivity index (χ2v) is 4.83. The number of ether oxygens (including phenoxy) is 1. The fourth-order valence-corrected chi connectivity index (χ4v) is 2.01. The number of rotatable bonds is 2. The van der Waals surface area contributed by atoms with Gasteiger partial charge in [-0.05, 0) is 22.9 Å². The van der Waals surface area contributed by atoms with E-state index in [0.717, 1.165) is 23.5 Å². The monoisotopic (exact) mass is 286 g/mol. The summed E-state index contributed by atoms with van der Waals surface area (Å²) in [5.41, 5.74) is 5.63. The molecule has 1 aromatic heterocycles. The van der Waals surface area contributed by atoms with Crippen molar-refractivity contribution in [2.45, 2.75) is 19.1 Å². The molecule has 2 N–H and O–H groups in total. The van der Waals surface area contributed by atoms with Gasteiger partial charge in [-0.15, -0.1) is 0 Å². The van der Waals surface area contributed by atoms with Crippen LogP contribution in [0.5, 0.6) is 0 Å². The lowest BCUT2D eigenvalue weighted by molar-refractivity contribution is -0.0109. The van der Waals surface area contributed by atoms with Gasteiger partial charge in [-0.3, -0.25) is 0 Å². The largest absolute Gasteiger partial charge is 0.370 e. The minimum absolute atomic E-state index is 0.0657. The van der Waals surface area contributed by atoms with E-state index in [9.17, 15) is 0 Å². The highest BCUT2D eigenvalue weighted by Crippen LogP contribution is 2.17. The Morgan fingerprint density at radius 1 is 1.50 bits per heavy atom. The van der Waals surface area contributed by atoms with E-state index in [0.29, 0.717) is 6.54 Å². The van der Waals surface area contributed by atoms with Crippen LogP contribution in [-0.4, -0.2) is 41.8 Å². The molecule has 0 saturated carbocycles. The number of hydrogen-bond donors (Lipinski definition) is 1. The number of anilines is 1. The smallest absolute Gasteiger partial charge is 0.225 e. The Labute approximate surface area is 103 Å². The lowest BCUT2D eigenvalue weighted by Crippen LogP contribution is -2.49. The maximum absolute atomic E-state index is 5.68. The van der Waals surface area contributed by atoms with E-state index in [4.69, 9.17) is 10.5 Å². The van der Waals surface area contributed by atoms with Gasteiger partial charge in [0.15, 0.2) is 0 Å². The third-order valence-corrected chi connectivity index (χ3v) is 2.89. The van der Waals surface area contributed by atoms with Crippen LogP contribution in [0, 0.1) is 0 Å². The second kappa shape index (κ2) is 5.07. The van der Waals surface area contributed by atoms with Crippen molar-refractivity contribution in [3.05, 3.63) is 16.9 Å². The van der Waals surface area contributed by atoms with Crippen molar-refractivity contribution < 1.29 is 4.74 Å². The van der Waals surface area contributed by atoms with Gasteiger partial charge in [-0.1, -0.05) is 0 Å². The molecule has 5 nitrogen and oxygen atoms in total. The topological polar surface area (TPSA) is 64.3 Å². The summed E-state index contributed by atoms with van der Waals surface area (Å²) in [6.45, 7) is 4.12. The number of halogens is 1. The van der Waals surface area contributed by atoms with E-state index in [-0.39, 0.29) is 12.2 Å². The molecule has 0 bridgehead atoms. The summed E-state index contributed by atoms with van der Waals surface area (Å²) in [5, 5.41) is 0. The molecule has 1 fully saturated rings. The quantitative estimate of drug-likeness (QED) is 0.871. The van der Waals surface area contributed by atoms with E-state index in [1.807, 2.05) is 6.92 Å². The summed E-state index contributed by atoms with van der Waals surface area (Å²) >= 11 is 3.32. The van der Waals surface area contributed by atoms with Gasteiger partial charge < -0.3 is 15.4 Å². The van der Waals surface area contributed by atoms with Crippen LogP contribution in [0.25, 0.3) is 0 Å². The zero-order chi connectivity index (χ0) is 11.5. The third-order valence-electron chi connectivity index (χ3n) is 2.48. The van der Waals surface area contributed by atoms with Crippen LogP contribution in [0.4, 0.5) is 5.95 Å². The summed E-state index contributed by atoms with van der Waals surface area (Å²) in [4.78, 5) is 10.7. The maximum atomic E-state index is 5.68. The molecule has 16 heavy (non-hydrogen) atoms. The molecule has 0 spiro atoms. The molecule has 88 valence electrons. The van der Waals surface area contributed by atoms with Crippen molar-refractivity contribution in [2.24, 2.45) is 5.73 Å². The molecule has 2 heterocycles. The first-order chi connectivity index (χ1) is 7.69. The zero-order valence-corrected chi connectivity index (χ0v) is 10.7. The van der Waals surface area contributed by atoms with Gasteiger partial charge in [-0.2, -0.15) is 0 Å². The minimum atomic E-state index is 0.0657. The van der Waals surface area contributed by atoms with Gasteiger partial charge in [0.25, 0.3) is 0 Å². The predicted octanol–water partition coefficient (Wildman–Crippen LogP) is 0.791. The average molecular weight is 287 g/mol. The number of morpholine rings is 1. The van der Waals surface area contributed by atoms with Gasteiger partial charge in [0.05, 0.1) is 16.7 Å². The van der Waals surface area contributed by atoms with Crippen LogP contribution >= 0.6 is 15.9 Å². The molecule has 0 radical (unpaired) electrons. The Morgan fingerprint density at radius 2 is 2.19 bits per heavy atom. The van der Waals surface area contributed by atoms with Crippen LogP contribution in [0.15, 0.2) is 16.9 Å². The van der Waals surface area contributed by atoms with Crippen molar-refractivity contribution in [3.63, 3.8) is 0 Å². The SMILES string of the molecule is CC1CN(c2ncc(Br)cn2)CC(CN)O1. The van der Waals surface area contributed by atoms with Gasteiger partial charge >= 0.3 is 0 Å². The first-order valence-corrected chi connectivity index (χ1v) is 6.06. The second-order valence-electron chi connectivity index (χ2n) is 3.91. The molecular formula is C10H15BrN4O. The highest BCUT2D eigenvalue weighted by Gasteiger charge is 2.25. The van der Waals surface area contributed by atoms with Crippen LogP contribution in [0.3, 0.4) is 0 Å². The molecule has 1 aliphatic rings. The highest BCUT2D eigenvalue weighted by molar-refractivity contribution is 9.10. The molecule has 2 unspecified atom stereocenters. The van der Waals surface area contributed by atoms with E-state index in [2.05, 4.69) is 30.8 Å². The van der Waals surface area contributed by atoms with Crippen LogP contribution < -0.4 is 10.6 Å². The molecule has 0 aromatic carbocycles. The number of aromatic nitrogens is 2. The van der Waals surface area contributed by atoms with Gasteiger partial charge in [-0.25, -0.2) is 9.97 Å². The normalized spacial score (nSPS) is 25.8. The summed E-state index contributed by atoms with van der Waals surface area (Å²) < 4.78 is 6.56. The average Bonchev–Trinajstić information content (AvgIpc) is 2.29. The fourth-order valence-electron chi connectivity index (χ4n) is 1.81. The van der Waals surface area contributed by atoms with Crippen molar-refractivity contribution in [1.29, 1.82) is 0 Å². The summed E-state index contributed by atoms with van der Waals surface area (Å²) in [6.07, 6.45) is 3.73. The van der Waals surface area contributed by atoms with E-state index >= 15 is 0 Å². The molecule has 2 rings (SSSR count). The lowest BCUT2D eigenvalue weighted by Gasteiger charge is -2.36. The molecule has 2 atom stereocenters. The van der Waals surface area contributed by atoms with E-state index < -0.39 is 0 Å². The first-order valence-electron chi connectivity index (χ1n) is 5.27. The van der Waals surface area contributed by atoms with Crippen molar-refractivity contribution in [1.82, 2.24) is 9.97 Å². The molecule has 1 aliphatic heterocycles. The summed E-state index contributed by atoms with van der Waals surface area (Å²) in [5.74, 6) is 0.733. The number of nitrogens with zero attached hydrogens (tertiary/aromatic N) is 3. The Bertz CT molecular complexity index is 345. The molecule has 6 heteroatoms. The van der Waals surface area contributed by atoms with E-state index in [1.54, 1.807) is 12.4 Å². The zero-order valence-electron chi connectivity index (χ0n) is 9.14. The van der Waals surface area contributed by atoms with Crippen LogP contribution in [-0.2, 0) is 4.74 Å². The van der Waals surface area contributed by atoms with Crippen molar-refractivity contribution in [3.8, 4) is 0 Å². The van der Waals surface area contributed by atoms with Gasteiger partial charge in [0, 0.05) is 32.0 Å². The van der Waals surface area contributed by atoms with E-state index in [1.165, 1.54) is 0 Å². The number of nitrogens with two attached hydrogens (primary N) is 1. The van der Waals surface area contributed by atoms with Crippen molar-refractivity contribution >= 4 is 21.9 Å². The predicted molar refractivity (Wildman–Crippen MR) is 65.3 cm³/mol. The minimum Gasteiger partial charge on any atom is -0.370 e. The Hall–Kier alpha value is -0.720. The maximum Gasteiger partial charge on any atom is 0.225 e. The Morgan fingerprint density at radius 3 is 2.81 bits per heavy atom. The molecule has 0 aliphatic carbocycles. The molecule has 0 amide bonds. The standard InChI is InChI=1S/C10H15BrN4O/c1-7-5-15(6-9(2-12)16-7)10-13-3-8(11)4-14-10/h3-4,7,9H,2,5-6,12H2,1H3. The van der Waals surface area contributed by atoms with Gasteiger partial charge in [0.2, 0.25) is 5.95 Å². The van der Waals surface area contributed by atoms with Gasteiger partial charge in [0.1, 0.15) is 0 Å². The molecule has 1 saturated heterocycles. The lowest BCUT2D eigenvalue weighted by atomic mass is 10.2. The summed E-state index contributed by atoms with van der Waals surface area (Å²) in [7, 11) is 0. The highest BCUT2D eigenvalue weighted by atomic mass is 79.9. The Balaban J connectivity index is 2.11. The Kier molecular flexibility index (Phi) is 3.73. The van der Waals surface area contributed by atoms with Crippen LogP contribution in [0.1, 0.15) is 6.92 Å². The van der Waals surface area contributed by atoms with Crippen molar-refractivity contribution in [2.75, 3.05) is 24.5 Å². The molecule has 1 aromatic rings. The molecular weight excluding hydrogens is 272 g/mol. The van der Waals surface area contributed by atoms with Crippen LogP contribution in [0.2, 0.25) is 0 Å². The number of hydrogen-bond acceptors (Lipinski definition) is 5. The summed E-state index contributed by atoms with van der Waals surface area (Å²) in [6, 6.07) is 0.